The van der Waals surface area contributed by atoms with Gasteiger partial charge < -0.3 is 11.1 Å². The van der Waals surface area contributed by atoms with Crippen molar-refractivity contribution in [2.75, 3.05) is 11.1 Å². The average Bonchev–Trinajstić information content (AvgIpc) is 2.70. The molecule has 3 N–H and O–H groups in total. The summed E-state index contributed by atoms with van der Waals surface area (Å²) in [6.45, 7) is 0. The van der Waals surface area contributed by atoms with Crippen LogP contribution in [0.1, 0.15) is 10.5 Å². The smallest absolute Gasteiger partial charge is 0.279 e. The van der Waals surface area contributed by atoms with Gasteiger partial charge in [-0.3, -0.25) is 4.79 Å². The van der Waals surface area contributed by atoms with E-state index in [0.29, 0.717) is 5.69 Å². The fourth-order valence-electron chi connectivity index (χ4n) is 1.12. The van der Waals surface area contributed by atoms with Crippen LogP contribution in [0.15, 0.2) is 22.7 Å². The average molecular weight is 425 g/mol. The highest BCUT2D eigenvalue weighted by Crippen LogP contribution is 2.23. The van der Waals surface area contributed by atoms with Gasteiger partial charge in [0, 0.05) is 13.7 Å². The molecule has 0 aliphatic heterocycles. The van der Waals surface area contributed by atoms with Gasteiger partial charge in [-0.1, -0.05) is 0 Å². The minimum Gasteiger partial charge on any atom is -0.381 e. The van der Waals surface area contributed by atoms with Crippen LogP contribution >= 0.6 is 50.2 Å². The maximum absolute atomic E-state index is 11.8. The number of carbonyl (C=O) groups is 1. The van der Waals surface area contributed by atoms with Crippen LogP contribution in [0.2, 0.25) is 0 Å². The first-order valence-corrected chi connectivity index (χ1v) is 7.02. The van der Waals surface area contributed by atoms with Crippen LogP contribution in [0.25, 0.3) is 0 Å². The highest BCUT2D eigenvalue weighted by atomic mass is 127. The van der Waals surface area contributed by atoms with Crippen LogP contribution < -0.4 is 11.1 Å². The quantitative estimate of drug-likeness (QED) is 0.726. The SMILES string of the molecule is Nc1nsnc1C(=O)Nc1ccc(I)c(Br)c1. The van der Waals surface area contributed by atoms with Crippen LogP contribution in [-0.2, 0) is 0 Å². The van der Waals surface area contributed by atoms with E-state index in [1.165, 1.54) is 0 Å². The molecule has 1 heterocycles. The maximum Gasteiger partial charge on any atom is 0.279 e. The Morgan fingerprint density at radius 1 is 1.47 bits per heavy atom. The molecule has 0 aliphatic rings. The van der Waals surface area contributed by atoms with E-state index in [0.717, 1.165) is 19.8 Å². The van der Waals surface area contributed by atoms with Crippen LogP contribution in [-0.4, -0.2) is 14.7 Å². The van der Waals surface area contributed by atoms with Gasteiger partial charge in [0.15, 0.2) is 11.5 Å². The first-order valence-electron chi connectivity index (χ1n) is 4.42. The number of carbonyl (C=O) groups excluding carboxylic acids is 1. The Bertz CT molecular complexity index is 574. The zero-order valence-corrected chi connectivity index (χ0v) is 12.8. The molecule has 0 saturated heterocycles. The Morgan fingerprint density at radius 3 is 2.82 bits per heavy atom. The second-order valence-electron chi connectivity index (χ2n) is 3.08. The van der Waals surface area contributed by atoms with Gasteiger partial charge in [-0.25, -0.2) is 0 Å². The summed E-state index contributed by atoms with van der Waals surface area (Å²) < 4.78 is 9.56. The van der Waals surface area contributed by atoms with Crippen LogP contribution in [0.5, 0.6) is 0 Å². The Kier molecular flexibility index (Phi) is 3.94. The normalized spacial score (nSPS) is 10.2. The molecule has 0 fully saturated rings. The number of halogens is 2. The van der Waals surface area contributed by atoms with E-state index in [1.807, 2.05) is 12.1 Å². The number of nitrogens with one attached hydrogen (secondary N) is 1. The Hall–Kier alpha value is -0.740. The number of nitrogens with two attached hydrogens (primary N) is 1. The number of nitrogen functional groups attached to an aromatic ring is 1. The number of hydrogen-bond donors (Lipinski definition) is 2. The van der Waals surface area contributed by atoms with Crippen LogP contribution in [0.3, 0.4) is 0 Å². The lowest BCUT2D eigenvalue weighted by Crippen LogP contribution is -2.14. The molecule has 0 bridgehead atoms. The molecule has 5 nitrogen and oxygen atoms in total. The summed E-state index contributed by atoms with van der Waals surface area (Å²) in [6.07, 6.45) is 0. The Morgan fingerprint density at radius 2 is 2.24 bits per heavy atom. The van der Waals surface area contributed by atoms with Crippen LogP contribution in [0.4, 0.5) is 11.5 Å². The van der Waals surface area contributed by atoms with Crippen molar-refractivity contribution in [3.63, 3.8) is 0 Å². The lowest BCUT2D eigenvalue weighted by Gasteiger charge is -2.04. The van der Waals surface area contributed by atoms with Gasteiger partial charge in [-0.15, -0.1) is 0 Å². The summed E-state index contributed by atoms with van der Waals surface area (Å²) in [5.41, 5.74) is 6.35. The van der Waals surface area contributed by atoms with Crippen molar-refractivity contribution in [3.8, 4) is 0 Å². The van der Waals surface area contributed by atoms with Crippen molar-refractivity contribution in [1.29, 1.82) is 0 Å². The van der Waals surface area contributed by atoms with E-state index in [-0.39, 0.29) is 17.4 Å². The summed E-state index contributed by atoms with van der Waals surface area (Å²) in [4.78, 5) is 11.8. The molecule has 0 aliphatic carbocycles. The molecular formula is C9H6BrIN4OS. The van der Waals surface area contributed by atoms with Crippen molar-refractivity contribution in [2.24, 2.45) is 0 Å². The monoisotopic (exact) mass is 424 g/mol. The van der Waals surface area contributed by atoms with Gasteiger partial charge in [0.2, 0.25) is 0 Å². The zero-order valence-electron chi connectivity index (χ0n) is 8.28. The number of rotatable bonds is 2. The third-order valence-corrected chi connectivity index (χ3v) is 4.79. The molecule has 1 aromatic heterocycles. The lowest BCUT2D eigenvalue weighted by atomic mass is 10.3. The maximum atomic E-state index is 11.8. The zero-order chi connectivity index (χ0) is 12.4. The Labute approximate surface area is 123 Å². The molecule has 0 atom stereocenters. The number of benzene rings is 1. The Balaban J connectivity index is 2.19. The van der Waals surface area contributed by atoms with E-state index < -0.39 is 0 Å². The third kappa shape index (κ3) is 2.93. The van der Waals surface area contributed by atoms with E-state index >= 15 is 0 Å². The van der Waals surface area contributed by atoms with Gasteiger partial charge in [0.1, 0.15) is 0 Å². The first-order chi connectivity index (χ1) is 8.08. The van der Waals surface area contributed by atoms with Crippen molar-refractivity contribution in [3.05, 3.63) is 31.9 Å². The minimum absolute atomic E-state index is 0.150. The number of amides is 1. The molecule has 2 aromatic rings. The molecular weight excluding hydrogens is 419 g/mol. The summed E-state index contributed by atoms with van der Waals surface area (Å²) in [7, 11) is 0. The van der Waals surface area contributed by atoms with Crippen LogP contribution in [0, 0.1) is 3.57 Å². The van der Waals surface area contributed by atoms with Crippen molar-refractivity contribution in [1.82, 2.24) is 8.75 Å². The predicted octanol–water partition coefficient (Wildman–Crippen LogP) is 2.74. The van der Waals surface area contributed by atoms with E-state index in [9.17, 15) is 4.79 Å². The minimum atomic E-state index is -0.357. The fourth-order valence-corrected chi connectivity index (χ4v) is 2.30. The largest absolute Gasteiger partial charge is 0.381 e. The first kappa shape index (κ1) is 12.7. The number of hydrogen-bond acceptors (Lipinski definition) is 5. The molecule has 8 heteroatoms. The van der Waals surface area contributed by atoms with Gasteiger partial charge in [0.05, 0.1) is 11.7 Å². The molecule has 1 amide bonds. The molecule has 2 rings (SSSR count). The third-order valence-electron chi connectivity index (χ3n) is 1.91. The van der Waals surface area contributed by atoms with Gasteiger partial charge in [-0.05, 0) is 56.7 Å². The number of nitrogens with zero attached hydrogens (tertiary/aromatic N) is 2. The van der Waals surface area contributed by atoms with E-state index in [4.69, 9.17) is 5.73 Å². The topological polar surface area (TPSA) is 80.9 Å². The highest BCUT2D eigenvalue weighted by molar-refractivity contribution is 14.1. The number of aromatic nitrogens is 2. The lowest BCUT2D eigenvalue weighted by molar-refractivity contribution is 0.102. The molecule has 0 spiro atoms. The molecule has 0 radical (unpaired) electrons. The van der Waals surface area contributed by atoms with Crippen molar-refractivity contribution in [2.45, 2.75) is 0 Å². The van der Waals surface area contributed by atoms with Gasteiger partial charge in [-0.2, -0.15) is 8.75 Å². The van der Waals surface area contributed by atoms with Crippen molar-refractivity contribution >= 4 is 67.7 Å². The molecule has 1 aromatic carbocycles. The standard InChI is InChI=1S/C9H6BrIN4OS/c10-5-3-4(1-2-6(5)11)13-9(16)7-8(12)15-17-14-7/h1-3H,(H2,12,15)(H,13,16). The van der Waals surface area contributed by atoms with Gasteiger partial charge >= 0.3 is 0 Å². The molecule has 88 valence electrons. The molecule has 17 heavy (non-hydrogen) atoms. The van der Waals surface area contributed by atoms with E-state index in [2.05, 4.69) is 52.6 Å². The highest BCUT2D eigenvalue weighted by Gasteiger charge is 2.14. The number of anilines is 2. The molecule has 0 unspecified atom stereocenters. The second-order valence-corrected chi connectivity index (χ2v) is 5.63. The van der Waals surface area contributed by atoms with E-state index in [1.54, 1.807) is 6.07 Å². The van der Waals surface area contributed by atoms with Gasteiger partial charge in [0.25, 0.3) is 5.91 Å². The molecule has 0 saturated carbocycles. The predicted molar refractivity (Wildman–Crippen MR) is 79.1 cm³/mol. The van der Waals surface area contributed by atoms with Crippen molar-refractivity contribution < 1.29 is 4.79 Å². The fraction of sp³-hybridized carbons (Fsp3) is 0. The summed E-state index contributed by atoms with van der Waals surface area (Å²) >= 11 is 6.49. The second kappa shape index (κ2) is 5.27. The summed E-state index contributed by atoms with van der Waals surface area (Å²) in [5.74, 6) is -0.207. The summed E-state index contributed by atoms with van der Waals surface area (Å²) in [6, 6.07) is 5.51. The summed E-state index contributed by atoms with van der Waals surface area (Å²) in [5, 5.41) is 2.71.